The van der Waals surface area contributed by atoms with E-state index in [0.29, 0.717) is 66.0 Å². The fourth-order valence-corrected chi connectivity index (χ4v) is 4.41. The number of hydrogen-bond acceptors (Lipinski definition) is 5. The Balaban J connectivity index is 1.50. The standard InChI is InChI=1S/C30H25F2N3O3/c1-19(36)4-2-3-5-29-33-28-17-21(27-18-25(38-34-27)16-20-6-9-22(31)10-7-20)8-15-26(28)30(37)35(29)24-13-11-23(32)12-14-24/h6-15,17-18H,2-5,16H2,1H3. The molecular weight excluding hydrogens is 488 g/mol. The summed E-state index contributed by atoms with van der Waals surface area (Å²) in [6, 6.07) is 19.0. The van der Waals surface area contributed by atoms with E-state index in [4.69, 9.17) is 9.51 Å². The first-order chi connectivity index (χ1) is 18.4. The van der Waals surface area contributed by atoms with E-state index < -0.39 is 5.82 Å². The summed E-state index contributed by atoms with van der Waals surface area (Å²) in [5, 5.41) is 4.59. The zero-order valence-electron chi connectivity index (χ0n) is 20.8. The topological polar surface area (TPSA) is 78.0 Å². The van der Waals surface area contributed by atoms with Crippen molar-refractivity contribution in [1.82, 2.24) is 14.7 Å². The normalized spacial score (nSPS) is 11.2. The van der Waals surface area contributed by atoms with Gasteiger partial charge in [-0.3, -0.25) is 9.36 Å². The smallest absolute Gasteiger partial charge is 0.265 e. The predicted molar refractivity (Wildman–Crippen MR) is 140 cm³/mol. The summed E-state index contributed by atoms with van der Waals surface area (Å²) < 4.78 is 33.8. The highest BCUT2D eigenvalue weighted by Gasteiger charge is 2.15. The lowest BCUT2D eigenvalue weighted by Crippen LogP contribution is -2.24. The quantitative estimate of drug-likeness (QED) is 0.219. The molecule has 0 atom stereocenters. The van der Waals surface area contributed by atoms with Crippen LogP contribution >= 0.6 is 0 Å². The molecule has 0 bridgehead atoms. The summed E-state index contributed by atoms with van der Waals surface area (Å²) >= 11 is 0. The van der Waals surface area contributed by atoms with Crippen molar-refractivity contribution in [3.05, 3.63) is 112 Å². The molecule has 0 aliphatic heterocycles. The average molecular weight is 514 g/mol. The molecular formula is C30H25F2N3O3. The summed E-state index contributed by atoms with van der Waals surface area (Å²) in [6.07, 6.45) is 2.76. The van der Waals surface area contributed by atoms with E-state index >= 15 is 0 Å². The molecule has 0 aliphatic carbocycles. The number of aryl methyl sites for hydroxylation is 1. The van der Waals surface area contributed by atoms with E-state index in [1.807, 2.05) is 6.07 Å². The van der Waals surface area contributed by atoms with Gasteiger partial charge in [0, 0.05) is 30.9 Å². The number of aromatic nitrogens is 3. The van der Waals surface area contributed by atoms with Crippen LogP contribution in [0.25, 0.3) is 27.8 Å². The van der Waals surface area contributed by atoms with Crippen LogP contribution in [0, 0.1) is 11.6 Å². The molecule has 5 rings (SSSR count). The monoisotopic (exact) mass is 513 g/mol. The summed E-state index contributed by atoms with van der Waals surface area (Å²) in [6.45, 7) is 1.55. The second kappa shape index (κ2) is 10.9. The number of fused-ring (bicyclic) bond motifs is 1. The number of hydrogen-bond donors (Lipinski definition) is 0. The van der Waals surface area contributed by atoms with Gasteiger partial charge in [-0.15, -0.1) is 0 Å². The number of Topliss-reactive ketones (excluding diaryl/α,β-unsaturated/α-hetero) is 1. The van der Waals surface area contributed by atoms with E-state index in [9.17, 15) is 18.4 Å². The maximum atomic E-state index is 13.6. The molecule has 0 amide bonds. The van der Waals surface area contributed by atoms with Crippen molar-refractivity contribution < 1.29 is 18.1 Å². The molecule has 0 aliphatic rings. The highest BCUT2D eigenvalue weighted by molar-refractivity contribution is 5.83. The molecule has 3 aromatic carbocycles. The van der Waals surface area contributed by atoms with Crippen molar-refractivity contribution in [1.29, 1.82) is 0 Å². The fourth-order valence-electron chi connectivity index (χ4n) is 4.41. The van der Waals surface area contributed by atoms with Crippen LogP contribution in [-0.4, -0.2) is 20.5 Å². The van der Waals surface area contributed by atoms with Gasteiger partial charge in [0.15, 0.2) is 0 Å². The predicted octanol–water partition coefficient (Wildman–Crippen LogP) is 6.21. The summed E-state index contributed by atoms with van der Waals surface area (Å²) in [5.74, 6) is 0.579. The molecule has 2 heterocycles. The number of benzene rings is 3. The van der Waals surface area contributed by atoms with Crippen molar-refractivity contribution in [2.24, 2.45) is 0 Å². The minimum absolute atomic E-state index is 0.114. The second-order valence-electron chi connectivity index (χ2n) is 9.27. The molecule has 0 saturated carbocycles. The summed E-state index contributed by atoms with van der Waals surface area (Å²) in [7, 11) is 0. The molecule has 0 radical (unpaired) electrons. The third-order valence-electron chi connectivity index (χ3n) is 6.35. The van der Waals surface area contributed by atoms with E-state index in [-0.39, 0.29) is 17.2 Å². The Morgan fingerprint density at radius 1 is 0.921 bits per heavy atom. The number of carbonyl (C=O) groups excluding carboxylic acids is 1. The molecule has 0 saturated heterocycles. The summed E-state index contributed by atoms with van der Waals surface area (Å²) in [5.41, 5.74) is 3.00. The Morgan fingerprint density at radius 3 is 2.34 bits per heavy atom. The molecule has 6 nitrogen and oxygen atoms in total. The number of halogens is 2. The number of unbranched alkanes of at least 4 members (excludes halogenated alkanes) is 1. The van der Waals surface area contributed by atoms with Crippen molar-refractivity contribution in [2.45, 2.75) is 39.0 Å². The van der Waals surface area contributed by atoms with Gasteiger partial charge in [-0.2, -0.15) is 0 Å². The molecule has 0 N–H and O–H groups in total. The van der Waals surface area contributed by atoms with Gasteiger partial charge in [0.05, 0.1) is 16.6 Å². The molecule has 38 heavy (non-hydrogen) atoms. The Morgan fingerprint density at radius 2 is 1.63 bits per heavy atom. The number of nitrogens with zero attached hydrogens (tertiary/aromatic N) is 3. The second-order valence-corrected chi connectivity index (χ2v) is 9.27. The van der Waals surface area contributed by atoms with Crippen molar-refractivity contribution in [2.75, 3.05) is 0 Å². The molecule has 0 spiro atoms. The van der Waals surface area contributed by atoms with Gasteiger partial charge >= 0.3 is 0 Å². The van der Waals surface area contributed by atoms with Crippen LogP contribution < -0.4 is 5.56 Å². The van der Waals surface area contributed by atoms with E-state index in [0.717, 1.165) is 11.1 Å². The number of rotatable bonds is 9. The van der Waals surface area contributed by atoms with Gasteiger partial charge in [0.25, 0.3) is 5.56 Å². The first kappa shape index (κ1) is 25.2. The summed E-state index contributed by atoms with van der Waals surface area (Å²) in [4.78, 5) is 29.7. The Kier molecular flexibility index (Phi) is 7.22. The third kappa shape index (κ3) is 5.59. The van der Waals surface area contributed by atoms with Crippen LogP contribution in [0.2, 0.25) is 0 Å². The van der Waals surface area contributed by atoms with Crippen LogP contribution in [0.5, 0.6) is 0 Å². The molecule has 8 heteroatoms. The van der Waals surface area contributed by atoms with Gasteiger partial charge in [0.1, 0.15) is 34.7 Å². The van der Waals surface area contributed by atoms with Gasteiger partial charge in [-0.25, -0.2) is 13.8 Å². The van der Waals surface area contributed by atoms with Crippen molar-refractivity contribution in [3.8, 4) is 16.9 Å². The van der Waals surface area contributed by atoms with Crippen molar-refractivity contribution in [3.63, 3.8) is 0 Å². The highest BCUT2D eigenvalue weighted by Crippen LogP contribution is 2.25. The SMILES string of the molecule is CC(=O)CCCCc1nc2cc(-c3cc(Cc4ccc(F)cc4)on3)ccc2c(=O)n1-c1ccc(F)cc1. The molecule has 192 valence electrons. The Labute approximate surface area is 217 Å². The molecule has 5 aromatic rings. The van der Waals surface area contributed by atoms with Crippen LogP contribution in [-0.2, 0) is 17.6 Å². The van der Waals surface area contributed by atoms with Crippen molar-refractivity contribution >= 4 is 16.7 Å². The van der Waals surface area contributed by atoms with Gasteiger partial charge < -0.3 is 9.32 Å². The number of carbonyl (C=O) groups is 1. The van der Waals surface area contributed by atoms with Crippen LogP contribution in [0.3, 0.4) is 0 Å². The minimum Gasteiger partial charge on any atom is -0.360 e. The molecule has 0 fully saturated rings. The molecule has 2 aromatic heterocycles. The minimum atomic E-state index is -0.394. The van der Waals surface area contributed by atoms with Gasteiger partial charge in [-0.1, -0.05) is 23.4 Å². The van der Waals surface area contributed by atoms with Crippen LogP contribution in [0.1, 0.15) is 43.3 Å². The van der Waals surface area contributed by atoms with Gasteiger partial charge in [-0.05, 0) is 73.9 Å². The average Bonchev–Trinajstić information content (AvgIpc) is 3.37. The van der Waals surface area contributed by atoms with Crippen LogP contribution in [0.4, 0.5) is 8.78 Å². The lowest BCUT2D eigenvalue weighted by Gasteiger charge is -2.14. The van der Waals surface area contributed by atoms with E-state index in [2.05, 4.69) is 5.16 Å². The Bertz CT molecular complexity index is 1660. The lowest BCUT2D eigenvalue weighted by molar-refractivity contribution is -0.117. The molecule has 0 unspecified atom stereocenters. The fraction of sp³-hybridized carbons (Fsp3) is 0.200. The third-order valence-corrected chi connectivity index (χ3v) is 6.35. The first-order valence-electron chi connectivity index (χ1n) is 12.4. The maximum absolute atomic E-state index is 13.6. The maximum Gasteiger partial charge on any atom is 0.265 e. The van der Waals surface area contributed by atoms with Crippen LogP contribution in [0.15, 0.2) is 82.1 Å². The van der Waals surface area contributed by atoms with E-state index in [1.54, 1.807) is 49.4 Å². The largest absolute Gasteiger partial charge is 0.360 e. The zero-order chi connectivity index (χ0) is 26.6. The van der Waals surface area contributed by atoms with Gasteiger partial charge in [0.2, 0.25) is 0 Å². The highest BCUT2D eigenvalue weighted by atomic mass is 19.1. The lowest BCUT2D eigenvalue weighted by atomic mass is 10.1. The number of ketones is 1. The first-order valence-corrected chi connectivity index (χ1v) is 12.4. The van der Waals surface area contributed by atoms with E-state index in [1.165, 1.54) is 28.8 Å². The Hall–Kier alpha value is -4.46. The zero-order valence-corrected chi connectivity index (χ0v) is 20.8.